The van der Waals surface area contributed by atoms with Crippen molar-refractivity contribution in [3.8, 4) is 0 Å². The number of aromatic nitrogens is 2. The molecule has 0 saturated heterocycles. The molecule has 1 aromatic heterocycles. The lowest BCUT2D eigenvalue weighted by molar-refractivity contribution is -0.142. The lowest BCUT2D eigenvalue weighted by Crippen LogP contribution is -2.10. The van der Waals surface area contributed by atoms with E-state index in [4.69, 9.17) is 4.74 Å². The Balaban J connectivity index is 2.42. The van der Waals surface area contributed by atoms with Crippen molar-refractivity contribution in [2.75, 3.05) is 6.61 Å². The molecular weight excluding hydrogens is 292 g/mol. The van der Waals surface area contributed by atoms with Crippen molar-refractivity contribution in [2.45, 2.75) is 30.7 Å². The maximum Gasteiger partial charge on any atom is 0.306 e. The minimum atomic E-state index is -0.181. The molecule has 0 aromatic carbocycles. The Morgan fingerprint density at radius 2 is 2.19 bits per heavy atom. The van der Waals surface area contributed by atoms with Gasteiger partial charge in [-0.05, 0) is 22.9 Å². The lowest BCUT2D eigenvalue weighted by atomic mass is 10.3. The highest BCUT2D eigenvalue weighted by Gasteiger charge is 2.12. The van der Waals surface area contributed by atoms with Gasteiger partial charge in [0, 0.05) is 17.6 Å². The van der Waals surface area contributed by atoms with Gasteiger partial charge in [-0.2, -0.15) is 0 Å². The van der Waals surface area contributed by atoms with Gasteiger partial charge in [0.1, 0.15) is 0 Å². The predicted octanol–water partition coefficient (Wildman–Crippen LogP) is 2.67. The van der Waals surface area contributed by atoms with Gasteiger partial charge in [-0.25, -0.2) is 9.97 Å². The fourth-order valence-electron chi connectivity index (χ4n) is 1.04. The summed E-state index contributed by atoms with van der Waals surface area (Å²) in [6.45, 7) is 4.17. The minimum absolute atomic E-state index is 0.111. The molecule has 0 aliphatic rings. The fourth-order valence-corrected chi connectivity index (χ4v) is 2.05. The molecule has 88 valence electrons. The second-order valence-corrected chi connectivity index (χ2v) is 5.44. The first kappa shape index (κ1) is 13.4. The maximum absolute atomic E-state index is 11.2. The molecule has 1 atom stereocenters. The minimum Gasteiger partial charge on any atom is -0.466 e. The fraction of sp³-hybridized carbons (Fsp3) is 0.500. The zero-order valence-corrected chi connectivity index (χ0v) is 11.5. The summed E-state index contributed by atoms with van der Waals surface area (Å²) in [6.07, 6.45) is 3.75. The van der Waals surface area contributed by atoms with E-state index in [0.717, 1.165) is 4.47 Å². The molecule has 0 saturated carbocycles. The largest absolute Gasteiger partial charge is 0.466 e. The van der Waals surface area contributed by atoms with Crippen LogP contribution in [0.1, 0.15) is 20.3 Å². The zero-order chi connectivity index (χ0) is 12.0. The van der Waals surface area contributed by atoms with E-state index >= 15 is 0 Å². The van der Waals surface area contributed by atoms with Gasteiger partial charge in [0.2, 0.25) is 0 Å². The van der Waals surface area contributed by atoms with Crippen molar-refractivity contribution in [1.82, 2.24) is 9.97 Å². The van der Waals surface area contributed by atoms with E-state index in [2.05, 4.69) is 25.9 Å². The Labute approximate surface area is 107 Å². The average molecular weight is 305 g/mol. The van der Waals surface area contributed by atoms with Crippen LogP contribution in [0.3, 0.4) is 0 Å². The monoisotopic (exact) mass is 304 g/mol. The van der Waals surface area contributed by atoms with Gasteiger partial charge in [-0.3, -0.25) is 4.79 Å². The standard InChI is InChI=1S/C10H13BrN2O2S/c1-3-15-9(14)4-7(2)16-10-12-5-8(11)6-13-10/h5-7H,3-4H2,1-2H3/t7-/m0/s1. The number of rotatable bonds is 5. The molecule has 0 amide bonds. The van der Waals surface area contributed by atoms with Gasteiger partial charge < -0.3 is 4.74 Å². The quantitative estimate of drug-likeness (QED) is 0.475. The molecule has 1 rings (SSSR count). The average Bonchev–Trinajstić information content (AvgIpc) is 2.21. The van der Waals surface area contributed by atoms with Gasteiger partial charge >= 0.3 is 5.97 Å². The number of carbonyl (C=O) groups excluding carboxylic acids is 1. The molecule has 0 unspecified atom stereocenters. The first-order valence-electron chi connectivity index (χ1n) is 4.91. The van der Waals surface area contributed by atoms with Crippen LogP contribution in [0.15, 0.2) is 22.0 Å². The molecule has 0 radical (unpaired) electrons. The molecule has 0 aliphatic carbocycles. The number of carbonyl (C=O) groups is 1. The van der Waals surface area contributed by atoms with Crippen LogP contribution >= 0.6 is 27.7 Å². The highest BCUT2D eigenvalue weighted by atomic mass is 79.9. The molecule has 4 nitrogen and oxygen atoms in total. The summed E-state index contributed by atoms with van der Waals surface area (Å²) in [6, 6.07) is 0. The summed E-state index contributed by atoms with van der Waals surface area (Å²) in [5.74, 6) is -0.181. The molecule has 0 aliphatic heterocycles. The third-order valence-electron chi connectivity index (χ3n) is 1.66. The molecule has 0 N–H and O–H groups in total. The molecule has 1 aromatic rings. The Hall–Kier alpha value is -0.620. The Kier molecular flexibility index (Phi) is 5.76. The number of hydrogen-bond acceptors (Lipinski definition) is 5. The van der Waals surface area contributed by atoms with E-state index in [0.29, 0.717) is 18.2 Å². The van der Waals surface area contributed by atoms with Crippen LogP contribution in [0.25, 0.3) is 0 Å². The summed E-state index contributed by atoms with van der Waals surface area (Å²) in [5, 5.41) is 0.778. The molecule has 0 bridgehead atoms. The lowest BCUT2D eigenvalue weighted by Gasteiger charge is -2.08. The molecule has 0 fully saturated rings. The summed E-state index contributed by atoms with van der Waals surface area (Å²) < 4.78 is 5.71. The molecule has 16 heavy (non-hydrogen) atoms. The summed E-state index contributed by atoms with van der Waals surface area (Å²) >= 11 is 4.73. The van der Waals surface area contributed by atoms with E-state index < -0.39 is 0 Å². The van der Waals surface area contributed by atoms with Crippen LogP contribution < -0.4 is 0 Å². The SMILES string of the molecule is CCOC(=O)C[C@H](C)Sc1ncc(Br)cn1. The van der Waals surface area contributed by atoms with Crippen LogP contribution in [0.4, 0.5) is 0 Å². The van der Waals surface area contributed by atoms with E-state index in [-0.39, 0.29) is 11.2 Å². The number of esters is 1. The number of hydrogen-bond donors (Lipinski definition) is 0. The number of thioether (sulfide) groups is 1. The van der Waals surface area contributed by atoms with Crippen molar-refractivity contribution in [2.24, 2.45) is 0 Å². The number of nitrogens with zero attached hydrogens (tertiary/aromatic N) is 2. The van der Waals surface area contributed by atoms with Crippen molar-refractivity contribution in [1.29, 1.82) is 0 Å². The third kappa shape index (κ3) is 4.94. The van der Waals surface area contributed by atoms with Gasteiger partial charge in [-0.1, -0.05) is 18.7 Å². The van der Waals surface area contributed by atoms with Crippen LogP contribution in [0.2, 0.25) is 0 Å². The van der Waals surface area contributed by atoms with Crippen molar-refractivity contribution < 1.29 is 9.53 Å². The van der Waals surface area contributed by atoms with E-state index in [1.807, 2.05) is 6.92 Å². The highest BCUT2D eigenvalue weighted by molar-refractivity contribution is 9.10. The number of ether oxygens (including phenoxy) is 1. The highest BCUT2D eigenvalue weighted by Crippen LogP contribution is 2.22. The summed E-state index contributed by atoms with van der Waals surface area (Å²) in [4.78, 5) is 19.5. The number of halogens is 1. The van der Waals surface area contributed by atoms with Crippen molar-refractivity contribution >= 4 is 33.7 Å². The van der Waals surface area contributed by atoms with Gasteiger partial charge in [-0.15, -0.1) is 0 Å². The zero-order valence-electron chi connectivity index (χ0n) is 9.14. The third-order valence-corrected chi connectivity index (χ3v) is 3.06. The van der Waals surface area contributed by atoms with Crippen LogP contribution in [-0.4, -0.2) is 27.8 Å². The molecule has 1 heterocycles. The Morgan fingerprint density at radius 1 is 1.56 bits per heavy atom. The van der Waals surface area contributed by atoms with Crippen molar-refractivity contribution in [3.63, 3.8) is 0 Å². The Morgan fingerprint density at radius 3 is 2.75 bits per heavy atom. The van der Waals surface area contributed by atoms with Crippen LogP contribution in [-0.2, 0) is 9.53 Å². The first-order valence-corrected chi connectivity index (χ1v) is 6.59. The maximum atomic E-state index is 11.2. The molecule has 6 heteroatoms. The Bertz CT molecular complexity index is 345. The smallest absolute Gasteiger partial charge is 0.306 e. The molecular formula is C10H13BrN2O2S. The van der Waals surface area contributed by atoms with Gasteiger partial charge in [0.05, 0.1) is 17.5 Å². The van der Waals surface area contributed by atoms with E-state index in [1.165, 1.54) is 11.8 Å². The predicted molar refractivity (Wildman–Crippen MR) is 66.3 cm³/mol. The van der Waals surface area contributed by atoms with Crippen LogP contribution in [0, 0.1) is 0 Å². The van der Waals surface area contributed by atoms with Gasteiger partial charge in [0.15, 0.2) is 5.16 Å². The topological polar surface area (TPSA) is 52.1 Å². The van der Waals surface area contributed by atoms with Crippen molar-refractivity contribution in [3.05, 3.63) is 16.9 Å². The van der Waals surface area contributed by atoms with Gasteiger partial charge in [0.25, 0.3) is 0 Å². The molecule has 0 spiro atoms. The van der Waals surface area contributed by atoms with Crippen LogP contribution in [0.5, 0.6) is 0 Å². The van der Waals surface area contributed by atoms with E-state index in [9.17, 15) is 4.79 Å². The summed E-state index contributed by atoms with van der Waals surface area (Å²) in [5.41, 5.74) is 0. The second-order valence-electron chi connectivity index (χ2n) is 3.12. The second kappa shape index (κ2) is 6.85. The summed E-state index contributed by atoms with van der Waals surface area (Å²) in [7, 11) is 0. The normalized spacial score (nSPS) is 12.2. The van der Waals surface area contributed by atoms with E-state index in [1.54, 1.807) is 19.3 Å². The first-order chi connectivity index (χ1) is 7.61.